The lowest BCUT2D eigenvalue weighted by atomic mass is 9.99. The third-order valence-electron chi connectivity index (χ3n) is 3.87. The second-order valence-corrected chi connectivity index (χ2v) is 5.47. The molecule has 1 N–H and O–H groups in total. The van der Waals surface area contributed by atoms with E-state index in [1.54, 1.807) is 6.33 Å². The fourth-order valence-corrected chi connectivity index (χ4v) is 2.91. The molecule has 0 aromatic carbocycles. The number of fused-ring (bicyclic) bond motifs is 1. The van der Waals surface area contributed by atoms with Crippen molar-refractivity contribution < 1.29 is 0 Å². The minimum absolute atomic E-state index is 0.695. The van der Waals surface area contributed by atoms with Crippen LogP contribution in [-0.2, 0) is 0 Å². The van der Waals surface area contributed by atoms with Gasteiger partial charge < -0.3 is 10.2 Å². The second-order valence-electron chi connectivity index (χ2n) is 5.47. The van der Waals surface area contributed by atoms with Gasteiger partial charge in [0.05, 0.1) is 0 Å². The van der Waals surface area contributed by atoms with Gasteiger partial charge in [-0.15, -0.1) is 10.2 Å². The van der Waals surface area contributed by atoms with Crippen molar-refractivity contribution in [1.82, 2.24) is 24.9 Å². The Morgan fingerprint density at radius 1 is 1.50 bits per heavy atom. The Morgan fingerprint density at radius 2 is 2.45 bits per heavy atom. The molecule has 0 saturated carbocycles. The molecule has 6 heteroatoms. The summed E-state index contributed by atoms with van der Waals surface area (Å²) in [6.45, 7) is 6.52. The topological polar surface area (TPSA) is 58.4 Å². The third kappa shape index (κ3) is 2.75. The molecule has 0 amide bonds. The zero-order valence-electron chi connectivity index (χ0n) is 12.0. The van der Waals surface area contributed by atoms with Gasteiger partial charge in [-0.3, -0.25) is 4.40 Å². The molecule has 2 aromatic rings. The van der Waals surface area contributed by atoms with Crippen LogP contribution in [0.15, 0.2) is 18.7 Å². The predicted molar refractivity (Wildman–Crippen MR) is 78.9 cm³/mol. The van der Waals surface area contributed by atoms with Crippen LogP contribution in [-0.4, -0.2) is 45.8 Å². The number of hydrogen-bond donors (Lipinski definition) is 1. The molecule has 2 aromatic heterocycles. The highest BCUT2D eigenvalue weighted by Crippen LogP contribution is 2.20. The van der Waals surface area contributed by atoms with Gasteiger partial charge in [0.25, 0.3) is 0 Å². The molecule has 0 radical (unpaired) electrons. The van der Waals surface area contributed by atoms with Gasteiger partial charge in [-0.25, -0.2) is 4.98 Å². The van der Waals surface area contributed by atoms with Crippen molar-refractivity contribution in [1.29, 1.82) is 0 Å². The lowest BCUT2D eigenvalue weighted by Gasteiger charge is -2.30. The summed E-state index contributed by atoms with van der Waals surface area (Å²) in [7, 11) is 0. The van der Waals surface area contributed by atoms with Crippen molar-refractivity contribution in [2.75, 3.05) is 31.1 Å². The van der Waals surface area contributed by atoms with E-state index < -0.39 is 0 Å². The average Bonchev–Trinajstić information content (AvgIpc) is 2.96. The summed E-state index contributed by atoms with van der Waals surface area (Å²) in [5.41, 5.74) is 0.852. The standard InChI is InChI=1S/C14H22N6/c1-2-7-19(10-12-4-3-5-15-9-12)13-14-18-17-11-20(14)8-6-16-13/h6,8,11-12,15H,2-5,7,9-10H2,1H3. The molecule has 6 nitrogen and oxygen atoms in total. The van der Waals surface area contributed by atoms with Crippen LogP contribution >= 0.6 is 0 Å². The Hall–Kier alpha value is -1.69. The van der Waals surface area contributed by atoms with Gasteiger partial charge in [-0.2, -0.15) is 0 Å². The molecule has 1 aliphatic heterocycles. The van der Waals surface area contributed by atoms with E-state index in [0.717, 1.165) is 44.1 Å². The number of rotatable bonds is 5. The number of aromatic nitrogens is 4. The van der Waals surface area contributed by atoms with Crippen molar-refractivity contribution in [3.8, 4) is 0 Å². The first kappa shape index (κ1) is 13.3. The van der Waals surface area contributed by atoms with Gasteiger partial charge in [0, 0.05) is 25.5 Å². The molecule has 0 bridgehead atoms. The molecule has 1 fully saturated rings. The summed E-state index contributed by atoms with van der Waals surface area (Å²) in [4.78, 5) is 6.91. The number of nitrogens with one attached hydrogen (secondary N) is 1. The van der Waals surface area contributed by atoms with Gasteiger partial charge in [0.15, 0.2) is 5.82 Å². The minimum atomic E-state index is 0.695. The molecular formula is C14H22N6. The Morgan fingerprint density at radius 3 is 3.25 bits per heavy atom. The van der Waals surface area contributed by atoms with Crippen LogP contribution in [0.4, 0.5) is 5.82 Å². The number of hydrogen-bond acceptors (Lipinski definition) is 5. The molecular weight excluding hydrogens is 252 g/mol. The Bertz CT molecular complexity index is 545. The van der Waals surface area contributed by atoms with Crippen LogP contribution in [0.3, 0.4) is 0 Å². The van der Waals surface area contributed by atoms with Gasteiger partial charge in [-0.05, 0) is 38.3 Å². The van der Waals surface area contributed by atoms with Gasteiger partial charge in [0.2, 0.25) is 5.65 Å². The smallest absolute Gasteiger partial charge is 0.203 e. The molecule has 1 atom stereocenters. The largest absolute Gasteiger partial charge is 0.353 e. The summed E-state index contributed by atoms with van der Waals surface area (Å²) in [5.74, 6) is 1.65. The molecule has 1 saturated heterocycles. The highest BCUT2D eigenvalue weighted by molar-refractivity contribution is 5.63. The maximum Gasteiger partial charge on any atom is 0.203 e. The summed E-state index contributed by atoms with van der Waals surface area (Å²) in [5, 5.41) is 11.7. The van der Waals surface area contributed by atoms with Crippen molar-refractivity contribution in [3.05, 3.63) is 18.7 Å². The van der Waals surface area contributed by atoms with E-state index in [4.69, 9.17) is 0 Å². The van der Waals surface area contributed by atoms with E-state index in [0.29, 0.717) is 5.92 Å². The zero-order valence-corrected chi connectivity index (χ0v) is 12.0. The molecule has 0 spiro atoms. The lowest BCUT2D eigenvalue weighted by Crippen LogP contribution is -2.39. The molecule has 0 aliphatic carbocycles. The predicted octanol–water partition coefficient (Wildman–Crippen LogP) is 1.34. The average molecular weight is 274 g/mol. The monoisotopic (exact) mass is 274 g/mol. The van der Waals surface area contributed by atoms with Gasteiger partial charge >= 0.3 is 0 Å². The van der Waals surface area contributed by atoms with E-state index in [2.05, 4.69) is 32.3 Å². The van der Waals surface area contributed by atoms with E-state index in [-0.39, 0.29) is 0 Å². The summed E-state index contributed by atoms with van der Waals surface area (Å²) in [6.07, 6.45) is 9.12. The zero-order chi connectivity index (χ0) is 13.8. The van der Waals surface area contributed by atoms with E-state index >= 15 is 0 Å². The van der Waals surface area contributed by atoms with E-state index in [1.165, 1.54) is 12.8 Å². The minimum Gasteiger partial charge on any atom is -0.353 e. The van der Waals surface area contributed by atoms with E-state index in [9.17, 15) is 0 Å². The summed E-state index contributed by atoms with van der Waals surface area (Å²) in [6, 6.07) is 0. The normalized spacial score (nSPS) is 19.4. The molecule has 3 rings (SSSR count). The fourth-order valence-electron chi connectivity index (χ4n) is 2.91. The quantitative estimate of drug-likeness (QED) is 0.891. The van der Waals surface area contributed by atoms with Crippen molar-refractivity contribution in [3.63, 3.8) is 0 Å². The third-order valence-corrected chi connectivity index (χ3v) is 3.87. The van der Waals surface area contributed by atoms with Crippen LogP contribution < -0.4 is 10.2 Å². The molecule has 3 heterocycles. The van der Waals surface area contributed by atoms with Crippen molar-refractivity contribution in [2.24, 2.45) is 5.92 Å². The maximum atomic E-state index is 4.55. The number of piperidine rings is 1. The first-order valence-corrected chi connectivity index (χ1v) is 7.48. The first-order chi connectivity index (χ1) is 9.88. The lowest BCUT2D eigenvalue weighted by molar-refractivity contribution is 0.376. The Kier molecular flexibility index (Phi) is 4.11. The SMILES string of the molecule is CCCN(CC1CCCNC1)c1nccn2cnnc12. The molecule has 1 unspecified atom stereocenters. The van der Waals surface area contributed by atoms with Gasteiger partial charge in [-0.1, -0.05) is 6.92 Å². The second kappa shape index (κ2) is 6.17. The molecule has 108 valence electrons. The van der Waals surface area contributed by atoms with Crippen LogP contribution in [0.25, 0.3) is 5.65 Å². The molecule has 1 aliphatic rings. The fraction of sp³-hybridized carbons (Fsp3) is 0.643. The summed E-state index contributed by atoms with van der Waals surface area (Å²) >= 11 is 0. The van der Waals surface area contributed by atoms with Crippen molar-refractivity contribution >= 4 is 11.5 Å². The number of anilines is 1. The van der Waals surface area contributed by atoms with E-state index in [1.807, 2.05) is 16.8 Å². The van der Waals surface area contributed by atoms with Crippen LogP contribution in [0.2, 0.25) is 0 Å². The highest BCUT2D eigenvalue weighted by atomic mass is 15.3. The van der Waals surface area contributed by atoms with Crippen LogP contribution in [0.5, 0.6) is 0 Å². The maximum absolute atomic E-state index is 4.55. The molecule has 20 heavy (non-hydrogen) atoms. The highest BCUT2D eigenvalue weighted by Gasteiger charge is 2.19. The Balaban J connectivity index is 1.83. The van der Waals surface area contributed by atoms with Gasteiger partial charge in [0.1, 0.15) is 6.33 Å². The first-order valence-electron chi connectivity index (χ1n) is 7.48. The van der Waals surface area contributed by atoms with Crippen LogP contribution in [0, 0.1) is 5.92 Å². The van der Waals surface area contributed by atoms with Crippen LogP contribution in [0.1, 0.15) is 26.2 Å². The number of nitrogens with zero attached hydrogens (tertiary/aromatic N) is 5. The Labute approximate surface area is 119 Å². The van der Waals surface area contributed by atoms with Crippen molar-refractivity contribution in [2.45, 2.75) is 26.2 Å². The summed E-state index contributed by atoms with van der Waals surface area (Å²) < 4.78 is 1.93.